The Kier molecular flexibility index (Phi) is 3.61. The normalized spacial score (nSPS) is 9.21. The van der Waals surface area contributed by atoms with Crippen LogP contribution in [0.5, 0.6) is 0 Å². The monoisotopic (exact) mass is 230 g/mol. The average molecular weight is 231 g/mol. The number of aromatic nitrogens is 1. The van der Waals surface area contributed by atoms with E-state index in [1.807, 2.05) is 0 Å². The first-order chi connectivity index (χ1) is 6.59. The van der Waals surface area contributed by atoms with Crippen LogP contribution in [0, 0.1) is 0 Å². The van der Waals surface area contributed by atoms with Gasteiger partial charge in [-0.25, -0.2) is 4.98 Å². The van der Waals surface area contributed by atoms with E-state index < -0.39 is 0 Å². The van der Waals surface area contributed by atoms with Crippen LogP contribution in [0.2, 0.25) is 5.15 Å². The predicted octanol–water partition coefficient (Wildman–Crippen LogP) is 0.213. The van der Waals surface area contributed by atoms with Gasteiger partial charge in [-0.15, -0.1) is 0 Å². The third-order valence-electron chi connectivity index (χ3n) is 1.29. The first-order valence-electron chi connectivity index (χ1n) is 3.57. The predicted molar refractivity (Wildman–Crippen MR) is 56.6 cm³/mol. The smallest absolute Gasteiger partial charge is 0.271 e. The number of halogens is 1. The third kappa shape index (κ3) is 3.15. The number of hydrogen-bond donors (Lipinski definition) is 3. The summed E-state index contributed by atoms with van der Waals surface area (Å²) < 4.78 is 0. The maximum absolute atomic E-state index is 11.3. The van der Waals surface area contributed by atoms with E-state index in [1.165, 1.54) is 18.3 Å². The Morgan fingerprint density at radius 2 is 2.21 bits per heavy atom. The molecule has 0 unspecified atom stereocenters. The number of thiocarbonyl (C=S) groups is 1. The van der Waals surface area contributed by atoms with Crippen LogP contribution >= 0.6 is 23.8 Å². The Labute approximate surface area is 90.6 Å². The van der Waals surface area contributed by atoms with Gasteiger partial charge in [-0.2, -0.15) is 0 Å². The Bertz CT molecular complexity index is 353. The number of rotatable bonds is 1. The summed E-state index contributed by atoms with van der Waals surface area (Å²) in [5.74, 6) is -0.387. The molecule has 0 fully saturated rings. The van der Waals surface area contributed by atoms with Crippen molar-refractivity contribution in [2.45, 2.75) is 0 Å². The van der Waals surface area contributed by atoms with Gasteiger partial charge in [0.25, 0.3) is 5.91 Å². The van der Waals surface area contributed by atoms with Gasteiger partial charge in [-0.1, -0.05) is 11.6 Å². The van der Waals surface area contributed by atoms with E-state index in [2.05, 4.69) is 28.1 Å². The van der Waals surface area contributed by atoms with Crippen molar-refractivity contribution in [1.82, 2.24) is 15.8 Å². The van der Waals surface area contributed by atoms with E-state index in [0.717, 1.165) is 0 Å². The number of hydrogen-bond acceptors (Lipinski definition) is 3. The maximum Gasteiger partial charge on any atom is 0.271 e. The summed E-state index contributed by atoms with van der Waals surface area (Å²) in [5, 5.41) is 0.309. The minimum Gasteiger partial charge on any atom is -0.375 e. The standard InChI is InChI=1S/C7H7ClN4OS/c8-5-2-1-4(3-10-5)6(13)11-12-7(9)14/h1-3H,(H,11,13)(H3,9,12,14). The van der Waals surface area contributed by atoms with Crippen LogP contribution in [0.25, 0.3) is 0 Å². The lowest BCUT2D eigenvalue weighted by molar-refractivity contribution is 0.0943. The molecule has 0 bridgehead atoms. The van der Waals surface area contributed by atoms with Crippen molar-refractivity contribution in [2.75, 3.05) is 0 Å². The molecule has 0 aliphatic rings. The Morgan fingerprint density at radius 3 is 2.71 bits per heavy atom. The van der Waals surface area contributed by atoms with E-state index in [1.54, 1.807) is 0 Å². The molecule has 0 saturated carbocycles. The fraction of sp³-hybridized carbons (Fsp3) is 0. The second-order valence-electron chi connectivity index (χ2n) is 2.31. The summed E-state index contributed by atoms with van der Waals surface area (Å²) in [6, 6.07) is 3.04. The molecule has 0 aromatic carbocycles. The number of carbonyl (C=O) groups excluding carboxylic acids is 1. The van der Waals surface area contributed by atoms with E-state index in [0.29, 0.717) is 10.7 Å². The van der Waals surface area contributed by atoms with Crippen molar-refractivity contribution in [3.63, 3.8) is 0 Å². The van der Waals surface area contributed by atoms with Crippen molar-refractivity contribution in [1.29, 1.82) is 0 Å². The van der Waals surface area contributed by atoms with Crippen LogP contribution in [-0.4, -0.2) is 16.0 Å². The van der Waals surface area contributed by atoms with Crippen LogP contribution in [0.15, 0.2) is 18.3 Å². The van der Waals surface area contributed by atoms with Gasteiger partial charge < -0.3 is 5.73 Å². The first-order valence-corrected chi connectivity index (χ1v) is 4.35. The highest BCUT2D eigenvalue weighted by atomic mass is 35.5. The zero-order chi connectivity index (χ0) is 10.6. The molecule has 1 aromatic rings. The molecule has 0 spiro atoms. The summed E-state index contributed by atoms with van der Waals surface area (Å²) in [6.45, 7) is 0. The van der Waals surface area contributed by atoms with Crippen LogP contribution in [0.4, 0.5) is 0 Å². The van der Waals surface area contributed by atoms with Gasteiger partial charge in [-0.05, 0) is 24.4 Å². The fourth-order valence-electron chi connectivity index (χ4n) is 0.701. The van der Waals surface area contributed by atoms with E-state index in [4.69, 9.17) is 17.3 Å². The van der Waals surface area contributed by atoms with Crippen LogP contribution in [-0.2, 0) is 0 Å². The van der Waals surface area contributed by atoms with Gasteiger partial charge in [0.15, 0.2) is 5.11 Å². The molecular weight excluding hydrogens is 224 g/mol. The fourth-order valence-corrected chi connectivity index (χ4v) is 0.863. The van der Waals surface area contributed by atoms with E-state index in [9.17, 15) is 4.79 Å². The Morgan fingerprint density at radius 1 is 1.50 bits per heavy atom. The van der Waals surface area contributed by atoms with Gasteiger partial charge in [-0.3, -0.25) is 15.6 Å². The SMILES string of the molecule is NC(=S)NNC(=O)c1ccc(Cl)nc1. The first kappa shape index (κ1) is 10.7. The van der Waals surface area contributed by atoms with Gasteiger partial charge >= 0.3 is 0 Å². The van der Waals surface area contributed by atoms with Crippen molar-refractivity contribution < 1.29 is 4.79 Å². The molecule has 0 saturated heterocycles. The minimum absolute atomic E-state index is 0.0136. The lowest BCUT2D eigenvalue weighted by Crippen LogP contribution is -2.44. The lowest BCUT2D eigenvalue weighted by Gasteiger charge is -2.05. The molecule has 1 heterocycles. The van der Waals surface area contributed by atoms with Gasteiger partial charge in [0.2, 0.25) is 0 Å². The number of amides is 1. The summed E-state index contributed by atoms with van der Waals surface area (Å²) in [4.78, 5) is 15.0. The van der Waals surface area contributed by atoms with Crippen LogP contribution in [0.3, 0.4) is 0 Å². The molecule has 0 aliphatic carbocycles. The molecule has 74 valence electrons. The number of pyridine rings is 1. The molecule has 1 amide bonds. The Balaban J connectivity index is 2.61. The highest BCUT2D eigenvalue weighted by Crippen LogP contribution is 2.04. The zero-order valence-corrected chi connectivity index (χ0v) is 8.52. The van der Waals surface area contributed by atoms with Crippen LogP contribution < -0.4 is 16.6 Å². The second-order valence-corrected chi connectivity index (χ2v) is 3.14. The molecule has 0 aliphatic heterocycles. The summed E-state index contributed by atoms with van der Waals surface area (Å²) >= 11 is 10.0. The molecule has 1 aromatic heterocycles. The zero-order valence-electron chi connectivity index (χ0n) is 6.95. The van der Waals surface area contributed by atoms with Crippen molar-refractivity contribution in [3.8, 4) is 0 Å². The molecule has 0 radical (unpaired) electrons. The second kappa shape index (κ2) is 4.73. The summed E-state index contributed by atoms with van der Waals surface area (Å²) in [7, 11) is 0. The lowest BCUT2D eigenvalue weighted by atomic mass is 10.3. The molecule has 0 atom stereocenters. The number of nitrogens with zero attached hydrogens (tertiary/aromatic N) is 1. The van der Waals surface area contributed by atoms with Crippen molar-refractivity contribution in [2.24, 2.45) is 5.73 Å². The third-order valence-corrected chi connectivity index (χ3v) is 1.61. The largest absolute Gasteiger partial charge is 0.375 e. The van der Waals surface area contributed by atoms with Gasteiger partial charge in [0, 0.05) is 6.20 Å². The molecule has 1 rings (SSSR count). The molecule has 4 N–H and O–H groups in total. The maximum atomic E-state index is 11.3. The quantitative estimate of drug-likeness (QED) is 0.365. The van der Waals surface area contributed by atoms with E-state index in [-0.39, 0.29) is 11.0 Å². The number of nitrogens with two attached hydrogens (primary N) is 1. The summed E-state index contributed by atoms with van der Waals surface area (Å²) in [6.07, 6.45) is 1.35. The van der Waals surface area contributed by atoms with Crippen LogP contribution in [0.1, 0.15) is 10.4 Å². The number of carbonyl (C=O) groups is 1. The highest BCUT2D eigenvalue weighted by Gasteiger charge is 2.04. The van der Waals surface area contributed by atoms with Gasteiger partial charge in [0.1, 0.15) is 5.15 Å². The Hall–Kier alpha value is -1.40. The highest BCUT2D eigenvalue weighted by molar-refractivity contribution is 7.80. The molecular formula is C7H7ClN4OS. The van der Waals surface area contributed by atoms with Crippen molar-refractivity contribution in [3.05, 3.63) is 29.0 Å². The summed E-state index contributed by atoms with van der Waals surface area (Å²) in [5.41, 5.74) is 10.1. The van der Waals surface area contributed by atoms with Gasteiger partial charge in [0.05, 0.1) is 5.56 Å². The molecule has 5 nitrogen and oxygen atoms in total. The number of hydrazine groups is 1. The topological polar surface area (TPSA) is 80.0 Å². The minimum atomic E-state index is -0.387. The van der Waals surface area contributed by atoms with Crippen molar-refractivity contribution >= 4 is 34.8 Å². The average Bonchev–Trinajstić information content (AvgIpc) is 2.15. The molecule has 14 heavy (non-hydrogen) atoms. The number of nitrogens with one attached hydrogen (secondary N) is 2. The van der Waals surface area contributed by atoms with E-state index >= 15 is 0 Å². The molecule has 7 heteroatoms.